The molecule has 0 amide bonds. The average molecular weight is 328 g/mol. The van der Waals surface area contributed by atoms with Crippen LogP contribution in [0.25, 0.3) is 0 Å². The summed E-state index contributed by atoms with van der Waals surface area (Å²) in [4.78, 5) is 1.42. The van der Waals surface area contributed by atoms with Gasteiger partial charge >= 0.3 is 0 Å². The zero-order chi connectivity index (χ0) is 12.8. The zero-order valence-electron chi connectivity index (χ0n) is 10.5. The molecule has 0 aromatic carbocycles. The van der Waals surface area contributed by atoms with Gasteiger partial charge in [-0.15, -0.1) is 11.3 Å². The van der Waals surface area contributed by atoms with Crippen LogP contribution in [0, 0.1) is 0 Å². The van der Waals surface area contributed by atoms with Crippen LogP contribution in [0.15, 0.2) is 38.7 Å². The molecular weight excluding hydrogens is 310 g/mol. The second kappa shape index (κ2) is 7.12. The van der Waals surface area contributed by atoms with Crippen LogP contribution in [0.3, 0.4) is 0 Å². The summed E-state index contributed by atoms with van der Waals surface area (Å²) in [6, 6.07) is 8.81. The molecule has 0 saturated carbocycles. The molecular formula is C14H18BrNOS. The predicted octanol–water partition coefficient (Wildman–Crippen LogP) is 4.26. The Kier molecular flexibility index (Phi) is 5.47. The highest BCUT2D eigenvalue weighted by molar-refractivity contribution is 9.11. The molecule has 0 saturated heterocycles. The summed E-state index contributed by atoms with van der Waals surface area (Å²) in [6.45, 7) is 3.26. The Morgan fingerprint density at radius 1 is 1.33 bits per heavy atom. The van der Waals surface area contributed by atoms with Crippen LogP contribution < -0.4 is 5.32 Å². The topological polar surface area (TPSA) is 25.2 Å². The van der Waals surface area contributed by atoms with E-state index in [1.54, 1.807) is 6.26 Å². The van der Waals surface area contributed by atoms with Crippen molar-refractivity contribution in [3.05, 3.63) is 45.0 Å². The predicted molar refractivity (Wildman–Crippen MR) is 80.2 cm³/mol. The molecule has 0 aliphatic carbocycles. The van der Waals surface area contributed by atoms with E-state index in [2.05, 4.69) is 40.3 Å². The molecule has 0 spiro atoms. The van der Waals surface area contributed by atoms with E-state index in [1.165, 1.54) is 8.66 Å². The van der Waals surface area contributed by atoms with Crippen molar-refractivity contribution in [2.45, 2.75) is 32.2 Å². The largest absolute Gasteiger partial charge is 0.469 e. The van der Waals surface area contributed by atoms with Crippen molar-refractivity contribution < 1.29 is 4.42 Å². The Morgan fingerprint density at radius 2 is 2.22 bits per heavy atom. The van der Waals surface area contributed by atoms with E-state index in [0.717, 1.165) is 31.6 Å². The number of furan rings is 1. The maximum absolute atomic E-state index is 5.33. The molecule has 2 rings (SSSR count). The summed E-state index contributed by atoms with van der Waals surface area (Å²) in [5.74, 6) is 1.07. The van der Waals surface area contributed by atoms with Gasteiger partial charge in [0.1, 0.15) is 5.76 Å². The van der Waals surface area contributed by atoms with Crippen molar-refractivity contribution in [1.82, 2.24) is 5.32 Å². The van der Waals surface area contributed by atoms with E-state index in [0.29, 0.717) is 6.04 Å². The highest BCUT2D eigenvalue weighted by Crippen LogP contribution is 2.22. The number of thiophene rings is 1. The Labute approximate surface area is 121 Å². The maximum atomic E-state index is 5.33. The first-order valence-electron chi connectivity index (χ1n) is 6.24. The minimum absolute atomic E-state index is 0.526. The standard InChI is InChI=1S/C14H18BrNOS/c1-11(4-5-12-3-2-10-17-12)16-9-8-13-6-7-14(15)18-13/h2-3,6-7,10-11,16H,4-5,8-9H2,1H3. The summed E-state index contributed by atoms with van der Waals surface area (Å²) in [5.41, 5.74) is 0. The van der Waals surface area contributed by atoms with Crippen LogP contribution in [0.1, 0.15) is 24.0 Å². The summed E-state index contributed by atoms with van der Waals surface area (Å²) < 4.78 is 6.54. The fourth-order valence-corrected chi connectivity index (χ4v) is 3.33. The second-order valence-electron chi connectivity index (χ2n) is 4.43. The third kappa shape index (κ3) is 4.59. The molecule has 0 bridgehead atoms. The summed E-state index contributed by atoms with van der Waals surface area (Å²) in [6.07, 6.45) is 4.96. The fraction of sp³-hybridized carbons (Fsp3) is 0.429. The molecule has 1 atom stereocenters. The normalized spacial score (nSPS) is 12.8. The van der Waals surface area contributed by atoms with Crippen molar-refractivity contribution in [1.29, 1.82) is 0 Å². The van der Waals surface area contributed by atoms with Gasteiger partial charge in [0.15, 0.2) is 0 Å². The molecule has 2 aromatic rings. The highest BCUT2D eigenvalue weighted by Gasteiger charge is 2.04. The molecule has 2 aromatic heterocycles. The highest BCUT2D eigenvalue weighted by atomic mass is 79.9. The van der Waals surface area contributed by atoms with Gasteiger partial charge in [0.2, 0.25) is 0 Å². The van der Waals surface area contributed by atoms with Crippen LogP contribution in [-0.4, -0.2) is 12.6 Å². The lowest BCUT2D eigenvalue weighted by Crippen LogP contribution is -2.28. The van der Waals surface area contributed by atoms with Gasteiger partial charge in [-0.05, 0) is 60.0 Å². The molecule has 0 aliphatic heterocycles. The van der Waals surface area contributed by atoms with E-state index in [9.17, 15) is 0 Å². The smallest absolute Gasteiger partial charge is 0.103 e. The van der Waals surface area contributed by atoms with E-state index in [1.807, 2.05) is 23.5 Å². The zero-order valence-corrected chi connectivity index (χ0v) is 12.9. The quantitative estimate of drug-likeness (QED) is 0.822. The first kappa shape index (κ1) is 13.8. The lowest BCUT2D eigenvalue weighted by Gasteiger charge is -2.12. The molecule has 0 fully saturated rings. The SMILES string of the molecule is CC(CCc1ccco1)NCCc1ccc(Br)s1. The van der Waals surface area contributed by atoms with Crippen molar-refractivity contribution in [3.63, 3.8) is 0 Å². The van der Waals surface area contributed by atoms with Crippen LogP contribution >= 0.6 is 27.3 Å². The number of hydrogen-bond acceptors (Lipinski definition) is 3. The number of aryl methyl sites for hydroxylation is 1. The van der Waals surface area contributed by atoms with Crippen molar-refractivity contribution in [2.24, 2.45) is 0 Å². The number of nitrogens with one attached hydrogen (secondary N) is 1. The van der Waals surface area contributed by atoms with Crippen LogP contribution in [-0.2, 0) is 12.8 Å². The van der Waals surface area contributed by atoms with Gasteiger partial charge in [0, 0.05) is 23.9 Å². The Balaban J connectivity index is 1.61. The van der Waals surface area contributed by atoms with Crippen molar-refractivity contribution in [3.8, 4) is 0 Å². The summed E-state index contributed by atoms with van der Waals surface area (Å²) in [5, 5.41) is 3.55. The van der Waals surface area contributed by atoms with E-state index < -0.39 is 0 Å². The molecule has 0 aliphatic rings. The minimum Gasteiger partial charge on any atom is -0.469 e. The van der Waals surface area contributed by atoms with Crippen molar-refractivity contribution >= 4 is 27.3 Å². The van der Waals surface area contributed by atoms with Crippen LogP contribution in [0.2, 0.25) is 0 Å². The molecule has 1 unspecified atom stereocenters. The molecule has 4 heteroatoms. The molecule has 2 nitrogen and oxygen atoms in total. The van der Waals surface area contributed by atoms with E-state index in [-0.39, 0.29) is 0 Å². The second-order valence-corrected chi connectivity index (χ2v) is 6.98. The average Bonchev–Trinajstić information content (AvgIpc) is 2.98. The molecule has 98 valence electrons. The first-order valence-corrected chi connectivity index (χ1v) is 7.85. The lowest BCUT2D eigenvalue weighted by molar-refractivity contribution is 0.462. The molecule has 1 N–H and O–H groups in total. The van der Waals surface area contributed by atoms with E-state index >= 15 is 0 Å². The summed E-state index contributed by atoms with van der Waals surface area (Å²) >= 11 is 5.30. The third-order valence-electron chi connectivity index (χ3n) is 2.90. The Morgan fingerprint density at radius 3 is 2.89 bits per heavy atom. The minimum atomic E-state index is 0.526. The molecule has 18 heavy (non-hydrogen) atoms. The van der Waals surface area contributed by atoms with Gasteiger partial charge in [-0.2, -0.15) is 0 Å². The van der Waals surface area contributed by atoms with Crippen LogP contribution in [0.4, 0.5) is 0 Å². The summed E-state index contributed by atoms with van der Waals surface area (Å²) in [7, 11) is 0. The monoisotopic (exact) mass is 327 g/mol. The molecule has 2 heterocycles. The Hall–Kier alpha value is -0.580. The van der Waals surface area contributed by atoms with Gasteiger partial charge in [-0.3, -0.25) is 0 Å². The van der Waals surface area contributed by atoms with Gasteiger partial charge in [-0.1, -0.05) is 0 Å². The van der Waals surface area contributed by atoms with Gasteiger partial charge < -0.3 is 9.73 Å². The number of rotatable bonds is 7. The fourth-order valence-electron chi connectivity index (χ4n) is 1.84. The van der Waals surface area contributed by atoms with Gasteiger partial charge in [-0.25, -0.2) is 0 Å². The van der Waals surface area contributed by atoms with Gasteiger partial charge in [0.05, 0.1) is 10.0 Å². The van der Waals surface area contributed by atoms with Crippen molar-refractivity contribution in [2.75, 3.05) is 6.54 Å². The number of halogens is 1. The maximum Gasteiger partial charge on any atom is 0.103 e. The number of hydrogen-bond donors (Lipinski definition) is 1. The van der Waals surface area contributed by atoms with Gasteiger partial charge in [0.25, 0.3) is 0 Å². The first-order chi connectivity index (χ1) is 8.74. The van der Waals surface area contributed by atoms with Crippen LogP contribution in [0.5, 0.6) is 0 Å². The van der Waals surface area contributed by atoms with E-state index in [4.69, 9.17) is 4.42 Å². The molecule has 0 radical (unpaired) electrons. The lowest BCUT2D eigenvalue weighted by atomic mass is 10.1. The third-order valence-corrected chi connectivity index (χ3v) is 4.58. The Bertz CT molecular complexity index is 452.